The molecule has 1 aromatic heterocycles. The van der Waals surface area contributed by atoms with E-state index in [0.29, 0.717) is 4.88 Å². The van der Waals surface area contributed by atoms with Gasteiger partial charge in [-0.25, -0.2) is 0 Å². The summed E-state index contributed by atoms with van der Waals surface area (Å²) < 4.78 is 68.1. The van der Waals surface area contributed by atoms with E-state index >= 15 is 9.13 Å². The molecule has 2 unspecified atom stereocenters. The van der Waals surface area contributed by atoms with Crippen molar-refractivity contribution in [3.8, 4) is 11.1 Å². The molecule has 317 valence electrons. The molecule has 4 nitrogen and oxygen atoms in total. The van der Waals surface area contributed by atoms with Gasteiger partial charge in [-0.1, -0.05) is 188 Å². The Morgan fingerprint density at radius 2 is 0.810 bits per heavy atom. The van der Waals surface area contributed by atoms with Gasteiger partial charge in [0.2, 0.25) is 0 Å². The molecule has 1 heterocycles. The van der Waals surface area contributed by atoms with Crippen molar-refractivity contribution in [2.24, 2.45) is 0 Å². The second-order valence-electron chi connectivity index (χ2n) is 14.7. The summed E-state index contributed by atoms with van der Waals surface area (Å²) in [6.07, 6.45) is -9.12. The summed E-state index contributed by atoms with van der Waals surface area (Å²) >= 11 is 1.16. The second-order valence-corrected chi connectivity index (χ2v) is 21.2. The quantitative estimate of drug-likeness (QED) is 0.134. The summed E-state index contributed by atoms with van der Waals surface area (Å²) in [6.45, 7) is 0. The van der Waals surface area contributed by atoms with Crippen LogP contribution < -0.4 is 31.8 Å². The molecule has 0 amide bonds. The molecular weight excluding hydrogens is 992 g/mol. The number of aliphatic hydroxyl groups excluding tert-OH is 2. The van der Waals surface area contributed by atoms with Gasteiger partial charge in [-0.2, -0.15) is 13.2 Å². The van der Waals surface area contributed by atoms with E-state index in [1.807, 2.05) is 158 Å². The van der Waals surface area contributed by atoms with Gasteiger partial charge in [-0.05, 0) is 45.1 Å². The van der Waals surface area contributed by atoms with Crippen molar-refractivity contribution >= 4 is 79.0 Å². The average molecular weight is 1030 g/mol. The van der Waals surface area contributed by atoms with Crippen molar-refractivity contribution in [1.29, 1.82) is 0 Å². The Kier molecular flexibility index (Phi) is 15.0. The van der Waals surface area contributed by atoms with Gasteiger partial charge in [0.25, 0.3) is 0 Å². The van der Waals surface area contributed by atoms with E-state index in [-0.39, 0.29) is 49.4 Å². The number of halogens is 3. The fraction of sp³-hybridized carbons (Fsp3) is 0.0769. The van der Waals surface area contributed by atoms with Crippen LogP contribution in [0.1, 0.15) is 17.4 Å². The summed E-state index contributed by atoms with van der Waals surface area (Å²) in [5, 5.41) is 28.1. The van der Waals surface area contributed by atoms with Crippen LogP contribution in [0.3, 0.4) is 0 Å². The third kappa shape index (κ3) is 9.59. The van der Waals surface area contributed by atoms with Gasteiger partial charge < -0.3 is 19.3 Å². The zero-order valence-corrected chi connectivity index (χ0v) is 38.6. The van der Waals surface area contributed by atoms with Crippen molar-refractivity contribution in [3.05, 3.63) is 217 Å². The Bertz CT molecular complexity index is 2760. The van der Waals surface area contributed by atoms with E-state index in [9.17, 15) is 18.3 Å². The van der Waals surface area contributed by atoms with Gasteiger partial charge in [-0.15, -0.1) is 11.3 Å². The van der Waals surface area contributed by atoms with Crippen molar-refractivity contribution in [2.75, 3.05) is 0 Å². The van der Waals surface area contributed by atoms with Gasteiger partial charge in [-0.3, -0.25) is 0 Å². The van der Waals surface area contributed by atoms with Gasteiger partial charge in [0.1, 0.15) is 0 Å². The predicted molar refractivity (Wildman–Crippen MR) is 252 cm³/mol. The molecule has 2 N–H and O–H groups in total. The normalized spacial score (nSPS) is 12.8. The van der Waals surface area contributed by atoms with Gasteiger partial charge in [0, 0.05) is 104 Å². The van der Waals surface area contributed by atoms with Crippen LogP contribution in [0.5, 0.6) is 0 Å². The first kappa shape index (κ1) is 46.7. The summed E-state index contributed by atoms with van der Waals surface area (Å²) in [4.78, 5) is 0.424. The van der Waals surface area contributed by atoms with Gasteiger partial charge in [0.05, 0.1) is 6.10 Å². The standard InChI is InChI=1S/C44H32O2P2.C8H9F3O2S.Eu/c45-47(35-19-5-1-6-20-35,36-21-7-2-8-22-36)41-31-29-33-17-13-15-27-39(33)43(41)44-40-28-16-14-18-34(40)30-32-42(44)48(46,37-23-9-3-10-24-37)38-25-11-4-12-26-38;9-8(10,11)7(13)4-5(12)6-2-1-3-14-6;/h1-32H;1-3,5,7,12-13H,4H2;. The third-order valence-corrected chi connectivity index (χ3v) is 18.1. The number of benzene rings is 8. The number of rotatable bonds is 10. The van der Waals surface area contributed by atoms with Crippen molar-refractivity contribution in [2.45, 2.75) is 24.8 Å². The largest absolute Gasteiger partial charge is 0.414 e. The molecule has 1 radical (unpaired) electrons. The number of hydrogen-bond acceptors (Lipinski definition) is 5. The zero-order chi connectivity index (χ0) is 43.3. The van der Waals surface area contributed by atoms with Gasteiger partial charge >= 0.3 is 6.18 Å². The maximum atomic E-state index is 16.2. The summed E-state index contributed by atoms with van der Waals surface area (Å²) in [5.74, 6) is 0. The molecule has 0 saturated carbocycles. The van der Waals surface area contributed by atoms with Crippen molar-refractivity contribution in [3.63, 3.8) is 0 Å². The minimum absolute atomic E-state index is 0. The molecular formula is C52H41EuF3O4P2S. The summed E-state index contributed by atoms with van der Waals surface area (Å²) in [5.41, 5.74) is 1.70. The molecule has 0 aliphatic heterocycles. The molecule has 63 heavy (non-hydrogen) atoms. The predicted octanol–water partition coefficient (Wildman–Crippen LogP) is 11.0. The molecule has 2 atom stereocenters. The van der Waals surface area contributed by atoms with E-state index in [1.165, 1.54) is 6.07 Å². The number of hydrogen-bond donors (Lipinski definition) is 2. The Hall–Kier alpha value is -4.27. The molecule has 0 aliphatic carbocycles. The van der Waals surface area contributed by atoms with Crippen LogP contribution in [-0.4, -0.2) is 22.5 Å². The Labute approximate surface area is 409 Å². The molecule has 0 aliphatic rings. The molecule has 0 saturated heterocycles. The number of aliphatic hydroxyl groups is 2. The first-order valence-electron chi connectivity index (χ1n) is 19.9. The monoisotopic (exact) mass is 1030 g/mol. The smallest absolute Gasteiger partial charge is 0.387 e. The van der Waals surface area contributed by atoms with E-state index in [1.54, 1.807) is 11.4 Å². The van der Waals surface area contributed by atoms with E-state index in [2.05, 4.69) is 36.4 Å². The summed E-state index contributed by atoms with van der Waals surface area (Å²) in [7, 11) is -6.94. The SMILES string of the molecule is O=P(c1ccccc1)(c1ccccc1)c1ccc2ccccc2c1-c1c(P(=O)(c2ccccc2)c2ccccc2)ccc2ccccc12.OC(CC(O)C(F)(F)F)c1cccs1.[Eu]. The summed E-state index contributed by atoms with van der Waals surface area (Å²) in [6, 6.07) is 67.1. The fourth-order valence-electron chi connectivity index (χ4n) is 7.92. The van der Waals surface area contributed by atoms with Crippen LogP contribution in [0.4, 0.5) is 13.2 Å². The molecule has 11 heteroatoms. The minimum atomic E-state index is -4.67. The molecule has 9 rings (SSSR count). The second kappa shape index (κ2) is 20.3. The molecule has 0 spiro atoms. The first-order chi connectivity index (χ1) is 30.0. The third-order valence-electron chi connectivity index (χ3n) is 10.9. The van der Waals surface area contributed by atoms with Crippen molar-refractivity contribution < 1.29 is 81.9 Å². The first-order valence-corrected chi connectivity index (χ1v) is 24.2. The Balaban J connectivity index is 0.000000341. The fourth-order valence-corrected chi connectivity index (χ4v) is 14.4. The zero-order valence-electron chi connectivity index (χ0n) is 33.6. The van der Waals surface area contributed by atoms with Crippen LogP contribution in [0, 0.1) is 49.4 Å². The van der Waals surface area contributed by atoms with Crippen LogP contribution in [0.2, 0.25) is 0 Å². The van der Waals surface area contributed by atoms with Crippen molar-refractivity contribution in [1.82, 2.24) is 0 Å². The maximum absolute atomic E-state index is 16.2. The van der Waals surface area contributed by atoms with Crippen LogP contribution in [0.15, 0.2) is 212 Å². The van der Waals surface area contributed by atoms with Crippen LogP contribution in [-0.2, 0) is 9.13 Å². The number of alkyl halides is 3. The molecule has 9 aromatic rings. The molecule has 0 bridgehead atoms. The topological polar surface area (TPSA) is 74.6 Å². The van der Waals surface area contributed by atoms with E-state index < -0.39 is 39.1 Å². The van der Waals surface area contributed by atoms with Gasteiger partial charge in [0.15, 0.2) is 20.4 Å². The van der Waals surface area contributed by atoms with E-state index in [0.717, 1.165) is 75.8 Å². The van der Waals surface area contributed by atoms with Crippen LogP contribution in [0.25, 0.3) is 32.7 Å². The average Bonchev–Trinajstić information content (AvgIpc) is 3.87. The maximum Gasteiger partial charge on any atom is 0.414 e. The van der Waals surface area contributed by atoms with E-state index in [4.69, 9.17) is 5.11 Å². The Morgan fingerprint density at radius 1 is 0.460 bits per heavy atom. The number of fused-ring (bicyclic) bond motifs is 2. The Morgan fingerprint density at radius 3 is 1.14 bits per heavy atom. The molecule has 0 fully saturated rings. The number of thiophene rings is 1. The molecule has 8 aromatic carbocycles. The van der Waals surface area contributed by atoms with Crippen LogP contribution >= 0.6 is 25.6 Å². The minimum Gasteiger partial charge on any atom is -0.387 e.